The van der Waals surface area contributed by atoms with Crippen LogP contribution in [0.2, 0.25) is 0 Å². The van der Waals surface area contributed by atoms with E-state index in [9.17, 15) is 0 Å². The molecule has 1 fully saturated rings. The first-order chi connectivity index (χ1) is 9.10. The molecule has 0 spiro atoms. The molecule has 1 aliphatic carbocycles. The molecule has 1 N–H and O–H groups in total. The highest BCUT2D eigenvalue weighted by atomic mass is 16.5. The van der Waals surface area contributed by atoms with Crippen molar-refractivity contribution in [3.05, 3.63) is 0 Å². The molecule has 0 aromatic rings. The molecule has 0 amide bonds. The Morgan fingerprint density at radius 2 is 1.95 bits per heavy atom. The number of hydrogen-bond donors (Lipinski definition) is 1. The van der Waals surface area contributed by atoms with Crippen molar-refractivity contribution in [3.63, 3.8) is 0 Å². The van der Waals surface area contributed by atoms with Crippen molar-refractivity contribution >= 4 is 0 Å². The van der Waals surface area contributed by atoms with Crippen molar-refractivity contribution in [1.29, 1.82) is 0 Å². The van der Waals surface area contributed by atoms with E-state index in [1.54, 1.807) is 7.11 Å². The number of nitrogens with zero attached hydrogens (tertiary/aromatic N) is 1. The molecule has 3 heteroatoms. The van der Waals surface area contributed by atoms with Crippen molar-refractivity contribution < 1.29 is 4.74 Å². The topological polar surface area (TPSA) is 24.5 Å². The van der Waals surface area contributed by atoms with Crippen LogP contribution in [0.3, 0.4) is 0 Å². The van der Waals surface area contributed by atoms with Gasteiger partial charge >= 0.3 is 0 Å². The first-order valence-electron chi connectivity index (χ1n) is 8.08. The van der Waals surface area contributed by atoms with Crippen LogP contribution >= 0.6 is 0 Å². The van der Waals surface area contributed by atoms with Gasteiger partial charge < -0.3 is 10.1 Å². The molecule has 0 aliphatic heterocycles. The normalized spacial score (nSPS) is 19.1. The van der Waals surface area contributed by atoms with Crippen LogP contribution in [0.15, 0.2) is 0 Å². The number of nitrogens with one attached hydrogen (secondary N) is 1. The van der Waals surface area contributed by atoms with E-state index in [-0.39, 0.29) is 0 Å². The summed E-state index contributed by atoms with van der Waals surface area (Å²) in [5.41, 5.74) is 0. The summed E-state index contributed by atoms with van der Waals surface area (Å²) in [7, 11) is 1.81. The van der Waals surface area contributed by atoms with Crippen LogP contribution < -0.4 is 5.32 Å². The highest BCUT2D eigenvalue weighted by Gasteiger charge is 2.34. The van der Waals surface area contributed by atoms with Gasteiger partial charge in [-0.25, -0.2) is 0 Å². The Kier molecular flexibility index (Phi) is 7.96. The van der Waals surface area contributed by atoms with Crippen LogP contribution in [0, 0.1) is 5.92 Å². The summed E-state index contributed by atoms with van der Waals surface area (Å²) in [5, 5.41) is 3.62. The lowest BCUT2D eigenvalue weighted by Gasteiger charge is -2.37. The number of rotatable bonds is 11. The lowest BCUT2D eigenvalue weighted by molar-refractivity contribution is 0.0756. The molecule has 0 aromatic heterocycles. The van der Waals surface area contributed by atoms with Gasteiger partial charge in [-0.15, -0.1) is 0 Å². The average molecular weight is 270 g/mol. The van der Waals surface area contributed by atoms with Gasteiger partial charge in [0.05, 0.1) is 6.61 Å². The average Bonchev–Trinajstić information content (AvgIpc) is 3.19. The zero-order chi connectivity index (χ0) is 14.3. The molecule has 3 nitrogen and oxygen atoms in total. The minimum atomic E-state index is 0.569. The third-order valence-corrected chi connectivity index (χ3v) is 4.23. The molecule has 0 radical (unpaired) electrons. The monoisotopic (exact) mass is 270 g/mol. The molecule has 1 saturated carbocycles. The molecule has 1 aliphatic rings. The molecule has 0 saturated heterocycles. The van der Waals surface area contributed by atoms with Crippen LogP contribution in [0.25, 0.3) is 0 Å². The van der Waals surface area contributed by atoms with E-state index >= 15 is 0 Å². The van der Waals surface area contributed by atoms with Crippen LogP contribution in [-0.4, -0.2) is 49.8 Å². The van der Waals surface area contributed by atoms with Gasteiger partial charge in [0.2, 0.25) is 0 Å². The number of methoxy groups -OCH3 is 1. The summed E-state index contributed by atoms with van der Waals surface area (Å²) in [4.78, 5) is 2.69. The van der Waals surface area contributed by atoms with E-state index in [0.29, 0.717) is 18.1 Å². The summed E-state index contributed by atoms with van der Waals surface area (Å²) in [6.07, 6.45) is 5.37. The van der Waals surface area contributed by atoms with Gasteiger partial charge in [0.1, 0.15) is 0 Å². The fraction of sp³-hybridized carbons (Fsp3) is 1.00. The smallest absolute Gasteiger partial charge is 0.0589 e. The second kappa shape index (κ2) is 8.93. The minimum Gasteiger partial charge on any atom is -0.383 e. The summed E-state index contributed by atoms with van der Waals surface area (Å²) in [6.45, 7) is 12.2. The lowest BCUT2D eigenvalue weighted by Crippen LogP contribution is -2.50. The van der Waals surface area contributed by atoms with Crippen molar-refractivity contribution in [1.82, 2.24) is 10.2 Å². The first kappa shape index (κ1) is 16.9. The van der Waals surface area contributed by atoms with Gasteiger partial charge in [-0.1, -0.05) is 27.2 Å². The van der Waals surface area contributed by atoms with Crippen molar-refractivity contribution in [2.24, 2.45) is 5.92 Å². The van der Waals surface area contributed by atoms with E-state index in [2.05, 4.69) is 37.9 Å². The quantitative estimate of drug-likeness (QED) is 0.625. The zero-order valence-electron chi connectivity index (χ0n) is 13.6. The zero-order valence-corrected chi connectivity index (χ0v) is 13.6. The molecule has 1 rings (SSSR count). The minimum absolute atomic E-state index is 0.569. The highest BCUT2D eigenvalue weighted by molar-refractivity contribution is 4.89. The fourth-order valence-corrected chi connectivity index (χ4v) is 2.85. The predicted octanol–water partition coefficient (Wildman–Crippen LogP) is 2.90. The molecule has 2 atom stereocenters. The predicted molar refractivity (Wildman–Crippen MR) is 82.6 cm³/mol. The van der Waals surface area contributed by atoms with Gasteiger partial charge in [0.15, 0.2) is 0 Å². The Morgan fingerprint density at radius 1 is 1.26 bits per heavy atom. The van der Waals surface area contributed by atoms with Crippen LogP contribution in [0.1, 0.15) is 53.4 Å². The van der Waals surface area contributed by atoms with Crippen LogP contribution in [0.4, 0.5) is 0 Å². The Hall–Kier alpha value is -0.120. The standard InChI is InChI=1S/C16H34N2O/c1-6-7-16(12-17-13(2)3)18(10-11-19-5)14(4)15-8-9-15/h13-17H,6-12H2,1-5H3. The Balaban J connectivity index is 2.58. The van der Waals surface area contributed by atoms with E-state index in [1.807, 2.05) is 0 Å². The van der Waals surface area contributed by atoms with E-state index in [0.717, 1.165) is 25.6 Å². The third kappa shape index (κ3) is 6.24. The SMILES string of the molecule is CCCC(CNC(C)C)N(CCOC)C(C)C1CC1. The largest absolute Gasteiger partial charge is 0.383 e. The van der Waals surface area contributed by atoms with Gasteiger partial charge in [0, 0.05) is 38.3 Å². The van der Waals surface area contributed by atoms with E-state index in [4.69, 9.17) is 4.74 Å². The number of ether oxygens (including phenoxy) is 1. The second-order valence-electron chi connectivity index (χ2n) is 6.31. The Labute approximate surface area is 120 Å². The number of hydrogen-bond acceptors (Lipinski definition) is 3. The molecule has 0 heterocycles. The fourth-order valence-electron chi connectivity index (χ4n) is 2.85. The lowest BCUT2D eigenvalue weighted by atomic mass is 10.0. The molecule has 0 bridgehead atoms. The molecular formula is C16H34N2O. The summed E-state index contributed by atoms with van der Waals surface area (Å²) >= 11 is 0. The maximum Gasteiger partial charge on any atom is 0.0589 e. The summed E-state index contributed by atoms with van der Waals surface area (Å²) < 4.78 is 5.31. The Bertz CT molecular complexity index is 229. The maximum absolute atomic E-state index is 5.31. The van der Waals surface area contributed by atoms with Gasteiger partial charge in [-0.05, 0) is 32.1 Å². The van der Waals surface area contributed by atoms with Crippen LogP contribution in [0.5, 0.6) is 0 Å². The molecule has 2 unspecified atom stereocenters. The Morgan fingerprint density at radius 3 is 2.42 bits per heavy atom. The summed E-state index contributed by atoms with van der Waals surface area (Å²) in [5.74, 6) is 0.926. The molecule has 19 heavy (non-hydrogen) atoms. The second-order valence-corrected chi connectivity index (χ2v) is 6.31. The molecule has 0 aromatic carbocycles. The van der Waals surface area contributed by atoms with Gasteiger partial charge in [-0.2, -0.15) is 0 Å². The summed E-state index contributed by atoms with van der Waals surface area (Å²) in [6, 6.07) is 1.93. The highest BCUT2D eigenvalue weighted by Crippen LogP contribution is 2.36. The van der Waals surface area contributed by atoms with Crippen molar-refractivity contribution in [2.45, 2.75) is 71.5 Å². The maximum atomic E-state index is 5.31. The van der Waals surface area contributed by atoms with Gasteiger partial charge in [0.25, 0.3) is 0 Å². The molecule has 114 valence electrons. The van der Waals surface area contributed by atoms with E-state index in [1.165, 1.54) is 25.7 Å². The van der Waals surface area contributed by atoms with Crippen molar-refractivity contribution in [2.75, 3.05) is 26.8 Å². The van der Waals surface area contributed by atoms with Crippen LogP contribution in [-0.2, 0) is 4.74 Å². The molecular weight excluding hydrogens is 236 g/mol. The third-order valence-electron chi connectivity index (χ3n) is 4.23. The van der Waals surface area contributed by atoms with E-state index < -0.39 is 0 Å². The van der Waals surface area contributed by atoms with Gasteiger partial charge in [-0.3, -0.25) is 4.90 Å². The first-order valence-corrected chi connectivity index (χ1v) is 8.08. The van der Waals surface area contributed by atoms with Crippen molar-refractivity contribution in [3.8, 4) is 0 Å².